The maximum Gasteiger partial charge on any atom is 0.165 e. The standard InChI is InChI=1S/C11H16N2O/c1-3-12-5-4-11(14)10-6-9(2)7-13-8-10/h6-8,12H,3-5H2,1-2H3. The second-order valence-electron chi connectivity index (χ2n) is 3.28. The summed E-state index contributed by atoms with van der Waals surface area (Å²) >= 11 is 0. The van der Waals surface area contributed by atoms with Gasteiger partial charge in [0.25, 0.3) is 0 Å². The van der Waals surface area contributed by atoms with Gasteiger partial charge in [0, 0.05) is 30.9 Å². The van der Waals surface area contributed by atoms with Gasteiger partial charge in [0.2, 0.25) is 0 Å². The van der Waals surface area contributed by atoms with E-state index < -0.39 is 0 Å². The fourth-order valence-electron chi connectivity index (χ4n) is 1.23. The zero-order valence-electron chi connectivity index (χ0n) is 8.71. The zero-order chi connectivity index (χ0) is 10.4. The summed E-state index contributed by atoms with van der Waals surface area (Å²) in [5.41, 5.74) is 1.74. The van der Waals surface area contributed by atoms with E-state index in [0.29, 0.717) is 12.0 Å². The van der Waals surface area contributed by atoms with Gasteiger partial charge in [-0.25, -0.2) is 0 Å². The molecule has 0 saturated heterocycles. The first-order chi connectivity index (χ1) is 6.74. The Kier molecular flexibility index (Phi) is 4.26. The molecule has 1 rings (SSSR count). The minimum atomic E-state index is 0.155. The van der Waals surface area contributed by atoms with Gasteiger partial charge in [-0.15, -0.1) is 0 Å². The molecule has 3 nitrogen and oxygen atoms in total. The largest absolute Gasteiger partial charge is 0.317 e. The molecule has 1 N–H and O–H groups in total. The Labute approximate surface area is 84.6 Å². The van der Waals surface area contributed by atoms with Crippen LogP contribution in [0.1, 0.15) is 29.3 Å². The highest BCUT2D eigenvalue weighted by molar-refractivity contribution is 5.95. The van der Waals surface area contributed by atoms with E-state index in [-0.39, 0.29) is 5.78 Å². The molecule has 0 saturated carbocycles. The van der Waals surface area contributed by atoms with Crippen LogP contribution in [-0.4, -0.2) is 23.9 Å². The molecule has 0 radical (unpaired) electrons. The van der Waals surface area contributed by atoms with Crippen molar-refractivity contribution < 1.29 is 4.79 Å². The van der Waals surface area contributed by atoms with Gasteiger partial charge >= 0.3 is 0 Å². The van der Waals surface area contributed by atoms with Crippen LogP contribution in [0.5, 0.6) is 0 Å². The van der Waals surface area contributed by atoms with E-state index >= 15 is 0 Å². The van der Waals surface area contributed by atoms with Crippen LogP contribution in [0.2, 0.25) is 0 Å². The first-order valence-electron chi connectivity index (χ1n) is 4.89. The van der Waals surface area contributed by atoms with Crippen LogP contribution in [0.4, 0.5) is 0 Å². The molecule has 76 valence electrons. The summed E-state index contributed by atoms with van der Waals surface area (Å²) in [6.45, 7) is 5.61. The topological polar surface area (TPSA) is 42.0 Å². The number of nitrogens with one attached hydrogen (secondary N) is 1. The fraction of sp³-hybridized carbons (Fsp3) is 0.455. The number of aryl methyl sites for hydroxylation is 1. The normalized spacial score (nSPS) is 10.1. The van der Waals surface area contributed by atoms with Crippen molar-refractivity contribution in [1.82, 2.24) is 10.3 Å². The second-order valence-corrected chi connectivity index (χ2v) is 3.28. The fourth-order valence-corrected chi connectivity index (χ4v) is 1.23. The number of carbonyl (C=O) groups is 1. The number of hydrogen-bond donors (Lipinski definition) is 1. The third-order valence-corrected chi connectivity index (χ3v) is 1.98. The molecule has 0 atom stereocenters. The van der Waals surface area contributed by atoms with E-state index in [9.17, 15) is 4.79 Å². The lowest BCUT2D eigenvalue weighted by atomic mass is 10.1. The lowest BCUT2D eigenvalue weighted by molar-refractivity contribution is 0.0982. The summed E-state index contributed by atoms with van der Waals surface area (Å²) in [6.07, 6.45) is 3.92. The van der Waals surface area contributed by atoms with Gasteiger partial charge in [-0.3, -0.25) is 9.78 Å². The molecule has 0 unspecified atom stereocenters. The Morgan fingerprint density at radius 1 is 1.50 bits per heavy atom. The Hall–Kier alpha value is -1.22. The number of aromatic nitrogens is 1. The Balaban J connectivity index is 2.52. The molecule has 1 heterocycles. The number of ketones is 1. The second kappa shape index (κ2) is 5.50. The smallest absolute Gasteiger partial charge is 0.165 e. The minimum absolute atomic E-state index is 0.155. The first kappa shape index (κ1) is 10.9. The highest BCUT2D eigenvalue weighted by atomic mass is 16.1. The number of hydrogen-bond acceptors (Lipinski definition) is 3. The van der Waals surface area contributed by atoms with Crippen LogP contribution in [0, 0.1) is 6.92 Å². The van der Waals surface area contributed by atoms with Gasteiger partial charge in [-0.2, -0.15) is 0 Å². The molecule has 0 aromatic carbocycles. The summed E-state index contributed by atoms with van der Waals surface area (Å²) in [7, 11) is 0. The van der Waals surface area contributed by atoms with Crippen LogP contribution in [-0.2, 0) is 0 Å². The van der Waals surface area contributed by atoms with E-state index in [1.54, 1.807) is 12.4 Å². The lowest BCUT2D eigenvalue weighted by Crippen LogP contribution is -2.17. The van der Waals surface area contributed by atoms with Crippen LogP contribution in [0.15, 0.2) is 18.5 Å². The average molecular weight is 192 g/mol. The molecule has 0 aliphatic carbocycles. The molecule has 0 aliphatic heterocycles. The highest BCUT2D eigenvalue weighted by Gasteiger charge is 2.04. The average Bonchev–Trinajstić information content (AvgIpc) is 2.18. The Bertz CT molecular complexity index is 310. The molecule has 0 fully saturated rings. The number of carbonyl (C=O) groups excluding carboxylic acids is 1. The van der Waals surface area contributed by atoms with E-state index in [2.05, 4.69) is 10.3 Å². The molecule has 0 bridgehead atoms. The maximum atomic E-state index is 11.6. The molecule has 0 spiro atoms. The van der Waals surface area contributed by atoms with Crippen LogP contribution >= 0.6 is 0 Å². The summed E-state index contributed by atoms with van der Waals surface area (Å²) in [5, 5.41) is 3.12. The Morgan fingerprint density at radius 2 is 2.29 bits per heavy atom. The number of Topliss-reactive ketones (excluding diaryl/α,β-unsaturated/α-hetero) is 1. The van der Waals surface area contributed by atoms with Gasteiger partial charge in [-0.05, 0) is 25.1 Å². The van der Waals surface area contributed by atoms with Crippen molar-refractivity contribution in [3.63, 3.8) is 0 Å². The molecule has 1 aromatic rings. The summed E-state index contributed by atoms with van der Waals surface area (Å²) in [5.74, 6) is 0.155. The van der Waals surface area contributed by atoms with E-state index in [4.69, 9.17) is 0 Å². The van der Waals surface area contributed by atoms with Gasteiger partial charge in [-0.1, -0.05) is 6.92 Å². The highest BCUT2D eigenvalue weighted by Crippen LogP contribution is 2.03. The van der Waals surface area contributed by atoms with E-state index in [0.717, 1.165) is 18.7 Å². The molecule has 0 amide bonds. The van der Waals surface area contributed by atoms with Crippen LogP contribution in [0.3, 0.4) is 0 Å². The lowest BCUT2D eigenvalue weighted by Gasteiger charge is -2.01. The van der Waals surface area contributed by atoms with Gasteiger partial charge in [0.1, 0.15) is 0 Å². The van der Waals surface area contributed by atoms with Crippen LogP contribution < -0.4 is 5.32 Å². The summed E-state index contributed by atoms with van der Waals surface area (Å²) in [6, 6.07) is 1.88. The molecule has 0 aliphatic rings. The van der Waals surface area contributed by atoms with Crippen molar-refractivity contribution in [2.24, 2.45) is 0 Å². The predicted octanol–water partition coefficient (Wildman–Crippen LogP) is 1.57. The first-order valence-corrected chi connectivity index (χ1v) is 4.89. The monoisotopic (exact) mass is 192 g/mol. The van der Waals surface area contributed by atoms with Crippen molar-refractivity contribution in [1.29, 1.82) is 0 Å². The molecular weight excluding hydrogens is 176 g/mol. The summed E-state index contributed by atoms with van der Waals surface area (Å²) < 4.78 is 0. The molecule has 1 aromatic heterocycles. The van der Waals surface area contributed by atoms with Crippen molar-refractivity contribution in [2.45, 2.75) is 20.3 Å². The number of rotatable bonds is 5. The Morgan fingerprint density at radius 3 is 2.93 bits per heavy atom. The van der Waals surface area contributed by atoms with Crippen molar-refractivity contribution in [2.75, 3.05) is 13.1 Å². The summed E-state index contributed by atoms with van der Waals surface area (Å²) in [4.78, 5) is 15.6. The quantitative estimate of drug-likeness (QED) is 0.569. The predicted molar refractivity (Wildman–Crippen MR) is 56.5 cm³/mol. The maximum absolute atomic E-state index is 11.6. The van der Waals surface area contributed by atoms with Crippen molar-refractivity contribution in [3.8, 4) is 0 Å². The van der Waals surface area contributed by atoms with E-state index in [1.807, 2.05) is 19.9 Å². The molecule has 14 heavy (non-hydrogen) atoms. The van der Waals surface area contributed by atoms with Crippen LogP contribution in [0.25, 0.3) is 0 Å². The zero-order valence-corrected chi connectivity index (χ0v) is 8.71. The molecule has 3 heteroatoms. The van der Waals surface area contributed by atoms with Crippen molar-refractivity contribution in [3.05, 3.63) is 29.6 Å². The molecular formula is C11H16N2O. The number of pyridine rings is 1. The third kappa shape index (κ3) is 3.26. The van der Waals surface area contributed by atoms with E-state index in [1.165, 1.54) is 0 Å². The third-order valence-electron chi connectivity index (χ3n) is 1.98. The van der Waals surface area contributed by atoms with Gasteiger partial charge in [0.15, 0.2) is 5.78 Å². The number of nitrogens with zero attached hydrogens (tertiary/aromatic N) is 1. The SMILES string of the molecule is CCNCCC(=O)c1cncc(C)c1. The van der Waals surface area contributed by atoms with Gasteiger partial charge in [0.05, 0.1) is 0 Å². The van der Waals surface area contributed by atoms with Crippen molar-refractivity contribution >= 4 is 5.78 Å². The van der Waals surface area contributed by atoms with Gasteiger partial charge < -0.3 is 5.32 Å². The minimum Gasteiger partial charge on any atom is -0.317 e.